The van der Waals surface area contributed by atoms with E-state index in [4.69, 9.17) is 0 Å². The Kier molecular flexibility index (Phi) is 9.98. The van der Waals surface area contributed by atoms with Gasteiger partial charge in [-0.2, -0.15) is 0 Å². The number of piperidine rings is 1. The Balaban J connectivity index is 0.00000324. The summed E-state index contributed by atoms with van der Waals surface area (Å²) in [4.78, 5) is 14.0. The number of carbonyl (C=O) groups excluding carboxylic acids is 1. The van der Waals surface area contributed by atoms with Crippen molar-refractivity contribution >= 4 is 18.3 Å². The Bertz CT molecular complexity index is 265. The number of nitrogens with zero attached hydrogens (tertiary/aromatic N) is 1. The van der Waals surface area contributed by atoms with E-state index in [1.807, 2.05) is 18.0 Å². The summed E-state index contributed by atoms with van der Waals surface area (Å²) in [6.07, 6.45) is 7.06. The first-order chi connectivity index (χ1) is 8.65. The lowest BCUT2D eigenvalue weighted by Crippen LogP contribution is -2.34. The molecule has 1 unspecified atom stereocenters. The summed E-state index contributed by atoms with van der Waals surface area (Å²) >= 11 is 0. The highest BCUT2D eigenvalue weighted by Crippen LogP contribution is 2.24. The monoisotopic (exact) mass is 288 g/mol. The number of hydrogen-bond donors (Lipinski definition) is 1. The fraction of sp³-hybridized carbons (Fsp3) is 0.800. The van der Waals surface area contributed by atoms with E-state index in [1.165, 1.54) is 12.8 Å². The predicted molar refractivity (Wildman–Crippen MR) is 83.7 cm³/mol. The van der Waals surface area contributed by atoms with Crippen LogP contribution in [0.4, 0.5) is 0 Å². The second kappa shape index (κ2) is 10.3. The predicted octanol–water partition coefficient (Wildman–Crippen LogP) is 2.86. The molecule has 1 fully saturated rings. The molecule has 0 aromatic carbocycles. The molecule has 1 heterocycles. The van der Waals surface area contributed by atoms with Crippen LogP contribution in [-0.2, 0) is 4.79 Å². The highest BCUT2D eigenvalue weighted by Gasteiger charge is 2.23. The minimum Gasteiger partial charge on any atom is -0.346 e. The molecule has 1 aliphatic rings. The maximum Gasteiger partial charge on any atom is 0.222 e. The van der Waals surface area contributed by atoms with Crippen LogP contribution in [0.5, 0.6) is 0 Å². The summed E-state index contributed by atoms with van der Waals surface area (Å²) in [6, 6.07) is 0. The lowest BCUT2D eigenvalue weighted by molar-refractivity contribution is -0.131. The summed E-state index contributed by atoms with van der Waals surface area (Å²) in [5, 5.41) is 3.38. The van der Waals surface area contributed by atoms with E-state index in [-0.39, 0.29) is 12.4 Å². The Morgan fingerprint density at radius 2 is 2.11 bits per heavy atom. The van der Waals surface area contributed by atoms with E-state index in [2.05, 4.69) is 18.8 Å². The van der Waals surface area contributed by atoms with Gasteiger partial charge in [-0.25, -0.2) is 0 Å². The molecule has 0 aromatic rings. The molecule has 1 atom stereocenters. The lowest BCUT2D eigenvalue weighted by Gasteiger charge is -2.29. The van der Waals surface area contributed by atoms with E-state index in [0.29, 0.717) is 18.2 Å². The zero-order valence-electron chi connectivity index (χ0n) is 12.4. The van der Waals surface area contributed by atoms with E-state index in [1.54, 1.807) is 0 Å². The van der Waals surface area contributed by atoms with Crippen LogP contribution in [0.25, 0.3) is 0 Å². The van der Waals surface area contributed by atoms with Gasteiger partial charge in [0.25, 0.3) is 0 Å². The van der Waals surface area contributed by atoms with Gasteiger partial charge < -0.3 is 10.2 Å². The molecule has 1 N–H and O–H groups in total. The van der Waals surface area contributed by atoms with E-state index in [9.17, 15) is 4.79 Å². The van der Waals surface area contributed by atoms with Crippen molar-refractivity contribution in [1.29, 1.82) is 0 Å². The molecule has 1 rings (SSSR count). The Morgan fingerprint density at radius 1 is 1.47 bits per heavy atom. The van der Waals surface area contributed by atoms with Crippen molar-refractivity contribution in [2.45, 2.75) is 39.0 Å². The third kappa shape index (κ3) is 6.98. The Morgan fingerprint density at radius 3 is 2.68 bits per heavy atom. The minimum absolute atomic E-state index is 0. The number of hydrogen-bond acceptors (Lipinski definition) is 2. The minimum atomic E-state index is 0. The van der Waals surface area contributed by atoms with Gasteiger partial charge in [0, 0.05) is 20.0 Å². The summed E-state index contributed by atoms with van der Waals surface area (Å²) in [6.45, 7) is 9.00. The third-order valence-corrected chi connectivity index (χ3v) is 4.01. The Hall–Kier alpha value is -0.540. The molecule has 0 aliphatic carbocycles. The number of halogens is 1. The van der Waals surface area contributed by atoms with Crippen LogP contribution < -0.4 is 5.32 Å². The maximum atomic E-state index is 12.1. The topological polar surface area (TPSA) is 32.3 Å². The van der Waals surface area contributed by atoms with E-state index in [0.717, 1.165) is 38.4 Å². The van der Waals surface area contributed by atoms with Gasteiger partial charge in [-0.05, 0) is 50.6 Å². The van der Waals surface area contributed by atoms with Crippen LogP contribution >= 0.6 is 12.4 Å². The molecule has 0 bridgehead atoms. The zero-order chi connectivity index (χ0) is 13.4. The quantitative estimate of drug-likeness (QED) is 0.577. The summed E-state index contributed by atoms with van der Waals surface area (Å²) < 4.78 is 0. The summed E-state index contributed by atoms with van der Waals surface area (Å²) in [5.74, 6) is 1.53. The zero-order valence-corrected chi connectivity index (χ0v) is 13.2. The molecule has 1 amide bonds. The van der Waals surface area contributed by atoms with Gasteiger partial charge in [0.05, 0.1) is 0 Å². The van der Waals surface area contributed by atoms with Crippen LogP contribution in [0, 0.1) is 11.8 Å². The number of allylic oxidation sites excluding steroid dienone is 1. The fourth-order valence-corrected chi connectivity index (χ4v) is 2.61. The SMILES string of the molecule is C=CCCCN(C)C(=O)CC(C)C1CCNCC1.Cl. The molecule has 0 spiro atoms. The van der Waals surface area contributed by atoms with Crippen molar-refractivity contribution in [3.05, 3.63) is 12.7 Å². The molecule has 4 heteroatoms. The molecule has 1 aliphatic heterocycles. The molecule has 3 nitrogen and oxygen atoms in total. The van der Waals surface area contributed by atoms with Gasteiger partial charge in [0.2, 0.25) is 5.91 Å². The average Bonchev–Trinajstić information content (AvgIpc) is 2.39. The van der Waals surface area contributed by atoms with Crippen molar-refractivity contribution in [2.75, 3.05) is 26.7 Å². The van der Waals surface area contributed by atoms with Crippen molar-refractivity contribution in [3.63, 3.8) is 0 Å². The van der Waals surface area contributed by atoms with Crippen LogP contribution in [0.15, 0.2) is 12.7 Å². The normalized spacial score (nSPS) is 17.4. The Labute approximate surface area is 124 Å². The number of rotatable bonds is 7. The number of unbranched alkanes of at least 4 members (excludes halogenated alkanes) is 1. The van der Waals surface area contributed by atoms with E-state index < -0.39 is 0 Å². The number of amides is 1. The molecular weight excluding hydrogens is 260 g/mol. The van der Waals surface area contributed by atoms with Crippen molar-refractivity contribution in [1.82, 2.24) is 10.2 Å². The molecule has 19 heavy (non-hydrogen) atoms. The van der Waals surface area contributed by atoms with Crippen LogP contribution in [-0.4, -0.2) is 37.5 Å². The van der Waals surface area contributed by atoms with Gasteiger partial charge in [0.15, 0.2) is 0 Å². The van der Waals surface area contributed by atoms with Gasteiger partial charge in [-0.15, -0.1) is 19.0 Å². The number of carbonyl (C=O) groups is 1. The van der Waals surface area contributed by atoms with Gasteiger partial charge in [-0.3, -0.25) is 4.79 Å². The highest BCUT2D eigenvalue weighted by molar-refractivity contribution is 5.85. The highest BCUT2D eigenvalue weighted by atomic mass is 35.5. The molecule has 0 saturated carbocycles. The smallest absolute Gasteiger partial charge is 0.222 e. The van der Waals surface area contributed by atoms with Crippen LogP contribution in [0.1, 0.15) is 39.0 Å². The average molecular weight is 289 g/mol. The lowest BCUT2D eigenvalue weighted by atomic mass is 9.84. The summed E-state index contributed by atoms with van der Waals surface area (Å²) in [5.41, 5.74) is 0. The largest absolute Gasteiger partial charge is 0.346 e. The molecule has 112 valence electrons. The first kappa shape index (κ1) is 18.5. The molecule has 1 saturated heterocycles. The number of nitrogens with one attached hydrogen (secondary N) is 1. The van der Waals surface area contributed by atoms with E-state index >= 15 is 0 Å². The van der Waals surface area contributed by atoms with Crippen molar-refractivity contribution < 1.29 is 4.79 Å². The van der Waals surface area contributed by atoms with Crippen LogP contribution in [0.2, 0.25) is 0 Å². The molecular formula is C15H29ClN2O. The first-order valence-corrected chi connectivity index (χ1v) is 7.20. The maximum absolute atomic E-state index is 12.1. The molecule has 0 radical (unpaired) electrons. The van der Waals surface area contributed by atoms with Crippen molar-refractivity contribution in [3.8, 4) is 0 Å². The fourth-order valence-electron chi connectivity index (χ4n) is 2.61. The van der Waals surface area contributed by atoms with Gasteiger partial charge in [-0.1, -0.05) is 13.0 Å². The first-order valence-electron chi connectivity index (χ1n) is 7.20. The van der Waals surface area contributed by atoms with Crippen molar-refractivity contribution in [2.24, 2.45) is 11.8 Å². The van der Waals surface area contributed by atoms with Gasteiger partial charge >= 0.3 is 0 Å². The van der Waals surface area contributed by atoms with Crippen LogP contribution in [0.3, 0.4) is 0 Å². The summed E-state index contributed by atoms with van der Waals surface area (Å²) in [7, 11) is 1.92. The standard InChI is InChI=1S/C15H28N2O.ClH/c1-4-5-6-11-17(3)15(18)12-13(2)14-7-9-16-10-8-14;/h4,13-14,16H,1,5-12H2,2-3H3;1H. The molecule has 0 aromatic heterocycles. The van der Waals surface area contributed by atoms with Gasteiger partial charge in [0.1, 0.15) is 0 Å². The third-order valence-electron chi connectivity index (χ3n) is 4.01. The second-order valence-electron chi connectivity index (χ2n) is 5.52. The second-order valence-corrected chi connectivity index (χ2v) is 5.52.